The number of nitrogens with one attached hydrogen (secondary N) is 2. The fourth-order valence-corrected chi connectivity index (χ4v) is 1.71. The largest absolute Gasteiger partial charge is 0.480 e. The van der Waals surface area contributed by atoms with E-state index in [-0.39, 0.29) is 36.6 Å². The summed E-state index contributed by atoms with van der Waals surface area (Å²) in [6.45, 7) is 3.79. The normalized spacial score (nSPS) is 15.9. The number of carbonyl (C=O) groups excluding carboxylic acids is 2. The Kier molecular flexibility index (Phi) is 5.79. The van der Waals surface area contributed by atoms with Crippen molar-refractivity contribution in [1.82, 2.24) is 10.6 Å². The van der Waals surface area contributed by atoms with Crippen LogP contribution in [0, 0.1) is 5.92 Å². The predicted octanol–water partition coefficient (Wildman–Crippen LogP) is 0.661. The van der Waals surface area contributed by atoms with Crippen molar-refractivity contribution in [3.8, 4) is 0 Å². The van der Waals surface area contributed by atoms with Crippen LogP contribution in [0.2, 0.25) is 0 Å². The smallest absolute Gasteiger partial charge is 0.326 e. The molecule has 1 unspecified atom stereocenters. The Hall–Kier alpha value is -1.59. The molecule has 1 fully saturated rings. The van der Waals surface area contributed by atoms with E-state index in [0.29, 0.717) is 6.42 Å². The van der Waals surface area contributed by atoms with Crippen LogP contribution in [-0.2, 0) is 14.4 Å². The van der Waals surface area contributed by atoms with Gasteiger partial charge in [-0.3, -0.25) is 9.59 Å². The van der Waals surface area contributed by atoms with Crippen molar-refractivity contribution in [2.45, 2.75) is 58.0 Å². The maximum absolute atomic E-state index is 11.6. The van der Waals surface area contributed by atoms with E-state index in [4.69, 9.17) is 5.11 Å². The number of carbonyl (C=O) groups is 3. The molecule has 6 heteroatoms. The third kappa shape index (κ3) is 6.79. The highest BCUT2D eigenvalue weighted by Gasteiger charge is 2.24. The van der Waals surface area contributed by atoms with Crippen LogP contribution in [-0.4, -0.2) is 35.0 Å². The lowest BCUT2D eigenvalue weighted by molar-refractivity contribution is -0.142. The van der Waals surface area contributed by atoms with Crippen LogP contribution in [0.5, 0.6) is 0 Å². The molecular formula is C13H22N2O4. The van der Waals surface area contributed by atoms with Gasteiger partial charge in [-0.1, -0.05) is 13.8 Å². The van der Waals surface area contributed by atoms with E-state index in [0.717, 1.165) is 12.8 Å². The third-order valence-corrected chi connectivity index (χ3v) is 2.86. The number of carboxylic acid groups (broad SMARTS) is 1. The first-order valence-corrected chi connectivity index (χ1v) is 6.70. The number of aliphatic carboxylic acids is 1. The molecule has 0 aliphatic heterocycles. The summed E-state index contributed by atoms with van der Waals surface area (Å²) >= 11 is 0. The Labute approximate surface area is 112 Å². The summed E-state index contributed by atoms with van der Waals surface area (Å²) in [6.07, 6.45) is 2.53. The first kappa shape index (κ1) is 15.5. The highest BCUT2D eigenvalue weighted by Crippen LogP contribution is 2.18. The van der Waals surface area contributed by atoms with Gasteiger partial charge < -0.3 is 15.7 Å². The quantitative estimate of drug-likeness (QED) is 0.604. The number of hydrogen-bond acceptors (Lipinski definition) is 3. The standard InChI is InChI=1S/C13H22N2O4/c1-8(2)7-10(13(18)19)15-12(17)6-5-11(16)14-9-3-4-9/h8-10H,3-7H2,1-2H3,(H,14,16)(H,15,17)(H,18,19). The molecule has 6 nitrogen and oxygen atoms in total. The van der Waals surface area contributed by atoms with Gasteiger partial charge in [-0.15, -0.1) is 0 Å². The summed E-state index contributed by atoms with van der Waals surface area (Å²) in [4.78, 5) is 33.9. The van der Waals surface area contributed by atoms with E-state index in [9.17, 15) is 14.4 Å². The minimum Gasteiger partial charge on any atom is -0.480 e. The average Bonchev–Trinajstić information content (AvgIpc) is 3.08. The summed E-state index contributed by atoms with van der Waals surface area (Å²) in [5, 5.41) is 14.2. The van der Waals surface area contributed by atoms with Crippen molar-refractivity contribution >= 4 is 17.8 Å². The molecule has 108 valence electrons. The van der Waals surface area contributed by atoms with Crippen LogP contribution >= 0.6 is 0 Å². The molecule has 1 atom stereocenters. The zero-order valence-electron chi connectivity index (χ0n) is 11.4. The van der Waals surface area contributed by atoms with Crippen molar-refractivity contribution < 1.29 is 19.5 Å². The lowest BCUT2D eigenvalue weighted by Crippen LogP contribution is -2.42. The topological polar surface area (TPSA) is 95.5 Å². The summed E-state index contributed by atoms with van der Waals surface area (Å²) in [6, 6.07) is -0.595. The molecule has 2 amide bonds. The average molecular weight is 270 g/mol. The summed E-state index contributed by atoms with van der Waals surface area (Å²) in [7, 11) is 0. The third-order valence-electron chi connectivity index (χ3n) is 2.86. The number of hydrogen-bond donors (Lipinski definition) is 3. The molecular weight excluding hydrogens is 248 g/mol. The monoisotopic (exact) mass is 270 g/mol. The van der Waals surface area contributed by atoms with Gasteiger partial charge in [0.2, 0.25) is 11.8 Å². The fraction of sp³-hybridized carbons (Fsp3) is 0.769. The highest BCUT2D eigenvalue weighted by atomic mass is 16.4. The molecule has 0 aromatic heterocycles. The Balaban J connectivity index is 2.26. The molecule has 0 heterocycles. The Morgan fingerprint density at radius 3 is 2.21 bits per heavy atom. The van der Waals surface area contributed by atoms with Crippen LogP contribution in [0.15, 0.2) is 0 Å². The predicted molar refractivity (Wildman–Crippen MR) is 69.4 cm³/mol. The van der Waals surface area contributed by atoms with E-state index >= 15 is 0 Å². The molecule has 0 bridgehead atoms. The van der Waals surface area contributed by atoms with Crippen LogP contribution < -0.4 is 10.6 Å². The van der Waals surface area contributed by atoms with E-state index in [1.165, 1.54) is 0 Å². The number of amides is 2. The molecule has 19 heavy (non-hydrogen) atoms. The molecule has 1 saturated carbocycles. The minimum absolute atomic E-state index is 0.0282. The van der Waals surface area contributed by atoms with E-state index in [2.05, 4.69) is 10.6 Å². The van der Waals surface area contributed by atoms with Crippen molar-refractivity contribution in [2.24, 2.45) is 5.92 Å². The molecule has 1 aliphatic carbocycles. The molecule has 0 spiro atoms. The van der Waals surface area contributed by atoms with Crippen LogP contribution in [0.25, 0.3) is 0 Å². The lowest BCUT2D eigenvalue weighted by Gasteiger charge is -2.16. The maximum atomic E-state index is 11.6. The highest BCUT2D eigenvalue weighted by molar-refractivity contribution is 5.87. The van der Waals surface area contributed by atoms with Crippen molar-refractivity contribution in [3.05, 3.63) is 0 Å². The van der Waals surface area contributed by atoms with Gasteiger partial charge in [0.05, 0.1) is 0 Å². The van der Waals surface area contributed by atoms with Crippen LogP contribution in [0.1, 0.15) is 46.0 Å². The van der Waals surface area contributed by atoms with Gasteiger partial charge in [-0.05, 0) is 25.2 Å². The molecule has 0 aromatic carbocycles. The van der Waals surface area contributed by atoms with Gasteiger partial charge in [0, 0.05) is 18.9 Å². The second kappa shape index (κ2) is 7.11. The van der Waals surface area contributed by atoms with Gasteiger partial charge in [-0.2, -0.15) is 0 Å². The van der Waals surface area contributed by atoms with E-state index in [1.54, 1.807) is 0 Å². The minimum atomic E-state index is -1.04. The van der Waals surface area contributed by atoms with E-state index in [1.807, 2.05) is 13.8 Å². The molecule has 0 saturated heterocycles. The van der Waals surface area contributed by atoms with Gasteiger partial charge in [-0.25, -0.2) is 4.79 Å². The van der Waals surface area contributed by atoms with Crippen molar-refractivity contribution in [2.75, 3.05) is 0 Å². The Morgan fingerprint density at radius 2 is 1.74 bits per heavy atom. The van der Waals surface area contributed by atoms with Gasteiger partial charge in [0.25, 0.3) is 0 Å². The number of carboxylic acids is 1. The Morgan fingerprint density at radius 1 is 1.16 bits per heavy atom. The zero-order chi connectivity index (χ0) is 14.4. The van der Waals surface area contributed by atoms with Gasteiger partial charge in [0.15, 0.2) is 0 Å². The fourth-order valence-electron chi connectivity index (χ4n) is 1.71. The number of rotatable bonds is 8. The van der Waals surface area contributed by atoms with Gasteiger partial charge >= 0.3 is 5.97 Å². The molecule has 1 rings (SSSR count). The second-order valence-corrected chi connectivity index (χ2v) is 5.43. The summed E-state index contributed by atoms with van der Waals surface area (Å²) in [5.41, 5.74) is 0. The zero-order valence-corrected chi connectivity index (χ0v) is 11.4. The molecule has 0 radical (unpaired) electrons. The maximum Gasteiger partial charge on any atom is 0.326 e. The summed E-state index contributed by atoms with van der Waals surface area (Å²) in [5.74, 6) is -1.39. The molecule has 3 N–H and O–H groups in total. The molecule has 1 aliphatic rings. The second-order valence-electron chi connectivity index (χ2n) is 5.43. The SMILES string of the molecule is CC(C)CC(NC(=O)CCC(=O)NC1CC1)C(=O)O. The van der Waals surface area contributed by atoms with Crippen LogP contribution in [0.3, 0.4) is 0 Å². The first-order valence-electron chi connectivity index (χ1n) is 6.70. The van der Waals surface area contributed by atoms with Crippen molar-refractivity contribution in [1.29, 1.82) is 0 Å². The lowest BCUT2D eigenvalue weighted by atomic mass is 10.0. The van der Waals surface area contributed by atoms with Crippen molar-refractivity contribution in [3.63, 3.8) is 0 Å². The first-order chi connectivity index (χ1) is 8.88. The summed E-state index contributed by atoms with van der Waals surface area (Å²) < 4.78 is 0. The van der Waals surface area contributed by atoms with Crippen LogP contribution in [0.4, 0.5) is 0 Å². The van der Waals surface area contributed by atoms with Gasteiger partial charge in [0.1, 0.15) is 6.04 Å². The molecule has 0 aromatic rings. The Bertz CT molecular complexity index is 351. The van der Waals surface area contributed by atoms with E-state index < -0.39 is 12.0 Å².